The third kappa shape index (κ3) is 8.61. The summed E-state index contributed by atoms with van der Waals surface area (Å²) in [6.07, 6.45) is 1.61. The maximum atomic E-state index is 12.8. The maximum Gasteiger partial charge on any atom is 0.328 e. The van der Waals surface area contributed by atoms with Crippen molar-refractivity contribution in [1.29, 1.82) is 0 Å². The van der Waals surface area contributed by atoms with Crippen LogP contribution >= 0.6 is 23.4 Å². The van der Waals surface area contributed by atoms with Crippen LogP contribution in [0.25, 0.3) is 17.1 Å². The van der Waals surface area contributed by atoms with Gasteiger partial charge in [-0.15, -0.1) is 10.2 Å². The number of thioether (sulfide) groups is 1. The molecule has 3 aromatic carbocycles. The molecule has 44 heavy (non-hydrogen) atoms. The molecule has 1 heterocycles. The van der Waals surface area contributed by atoms with Gasteiger partial charge in [0.25, 0.3) is 10.0 Å². The first-order valence-corrected chi connectivity index (χ1v) is 16.9. The molecule has 0 aliphatic carbocycles. The third-order valence-corrected chi connectivity index (χ3v) is 9.08. The molecule has 0 aliphatic rings. The topological polar surface area (TPSA) is 135 Å². The molecule has 0 spiro atoms. The first-order chi connectivity index (χ1) is 20.9. The minimum absolute atomic E-state index is 0.00658. The van der Waals surface area contributed by atoms with Crippen LogP contribution in [0, 0.1) is 0 Å². The van der Waals surface area contributed by atoms with Gasteiger partial charge < -0.3 is 10.6 Å². The monoisotopic (exact) mass is 654 g/mol. The van der Waals surface area contributed by atoms with Crippen LogP contribution < -0.4 is 15.4 Å². The van der Waals surface area contributed by atoms with Crippen molar-refractivity contribution >= 4 is 51.0 Å². The van der Waals surface area contributed by atoms with Gasteiger partial charge in [0.2, 0.25) is 5.91 Å². The van der Waals surface area contributed by atoms with Gasteiger partial charge in [-0.2, -0.15) is 0 Å². The van der Waals surface area contributed by atoms with Gasteiger partial charge in [-0.25, -0.2) is 17.9 Å². The van der Waals surface area contributed by atoms with E-state index < -0.39 is 16.1 Å². The number of hydrogen-bond donors (Lipinski definition) is 3. The van der Waals surface area contributed by atoms with Crippen LogP contribution in [-0.4, -0.2) is 47.4 Å². The molecule has 0 saturated heterocycles. The smallest absolute Gasteiger partial charge is 0.328 e. The lowest BCUT2D eigenvalue weighted by molar-refractivity contribution is -0.113. The van der Waals surface area contributed by atoms with Gasteiger partial charge in [-0.3, -0.25) is 9.36 Å². The number of carbonyl (C=O) groups excluding carboxylic acids is 2. The molecule has 0 atom stereocenters. The van der Waals surface area contributed by atoms with Crippen molar-refractivity contribution in [3.8, 4) is 17.1 Å². The fraction of sp³-hybridized carbons (Fsp3) is 0.290. The molecule has 3 N–H and O–H groups in total. The average Bonchev–Trinajstić information content (AvgIpc) is 3.40. The van der Waals surface area contributed by atoms with E-state index in [0.717, 1.165) is 24.1 Å². The van der Waals surface area contributed by atoms with Gasteiger partial charge in [0.1, 0.15) is 0 Å². The number of amides is 3. The summed E-state index contributed by atoms with van der Waals surface area (Å²) >= 11 is 7.35. The lowest BCUT2D eigenvalue weighted by atomic mass is 9.87. The number of anilines is 1. The minimum atomic E-state index is -4.06. The molecule has 4 aromatic rings. The van der Waals surface area contributed by atoms with Crippen molar-refractivity contribution in [3.05, 3.63) is 83.4 Å². The van der Waals surface area contributed by atoms with Crippen molar-refractivity contribution in [2.24, 2.45) is 0 Å². The zero-order valence-corrected chi connectivity index (χ0v) is 27.3. The Hall–Kier alpha value is -3.87. The Labute approximate surface area is 267 Å². The van der Waals surface area contributed by atoms with E-state index >= 15 is 0 Å². The Kier molecular flexibility index (Phi) is 10.7. The summed E-state index contributed by atoms with van der Waals surface area (Å²) in [4.78, 5) is 24.6. The van der Waals surface area contributed by atoms with Crippen molar-refractivity contribution in [2.45, 2.75) is 56.0 Å². The third-order valence-electron chi connectivity index (χ3n) is 6.55. The number of nitrogens with zero attached hydrogens (tertiary/aromatic N) is 3. The second-order valence-corrected chi connectivity index (χ2v) is 14.1. The highest BCUT2D eigenvalue weighted by Crippen LogP contribution is 2.31. The summed E-state index contributed by atoms with van der Waals surface area (Å²) in [6, 6.07) is 20.2. The molecule has 0 bridgehead atoms. The van der Waals surface area contributed by atoms with E-state index in [1.165, 1.54) is 41.6 Å². The van der Waals surface area contributed by atoms with Gasteiger partial charge in [-0.1, -0.05) is 81.7 Å². The number of aromatic nitrogens is 3. The fourth-order valence-corrected chi connectivity index (χ4v) is 5.94. The highest BCUT2D eigenvalue weighted by Gasteiger charge is 2.20. The Morgan fingerprint density at radius 3 is 2.20 bits per heavy atom. The lowest BCUT2D eigenvalue weighted by Crippen LogP contribution is -2.39. The maximum absolute atomic E-state index is 12.8. The van der Waals surface area contributed by atoms with E-state index in [4.69, 9.17) is 11.6 Å². The van der Waals surface area contributed by atoms with Crippen LogP contribution in [0.5, 0.6) is 0 Å². The van der Waals surface area contributed by atoms with Crippen LogP contribution in [0.3, 0.4) is 0 Å². The van der Waals surface area contributed by atoms with Gasteiger partial charge in [0, 0.05) is 28.5 Å². The summed E-state index contributed by atoms with van der Waals surface area (Å²) in [5.41, 5.74) is 3.27. The first kappa shape index (κ1) is 33.0. The molecule has 4 rings (SSSR count). The van der Waals surface area contributed by atoms with Gasteiger partial charge >= 0.3 is 6.03 Å². The zero-order chi connectivity index (χ0) is 31.9. The second kappa shape index (κ2) is 14.3. The van der Waals surface area contributed by atoms with Crippen molar-refractivity contribution < 1.29 is 18.0 Å². The van der Waals surface area contributed by atoms with E-state index in [-0.39, 0.29) is 22.0 Å². The number of urea groups is 1. The number of nitrogens with one attached hydrogen (secondary N) is 3. The number of rotatable bonds is 11. The number of hydrogen-bond acceptors (Lipinski definition) is 7. The average molecular weight is 655 g/mol. The number of sulfonamides is 1. The predicted molar refractivity (Wildman–Crippen MR) is 175 cm³/mol. The number of unbranched alkanes of at least 4 members (excludes halogenated alkanes) is 1. The first-order valence-electron chi connectivity index (χ1n) is 14.0. The Morgan fingerprint density at radius 1 is 0.932 bits per heavy atom. The summed E-state index contributed by atoms with van der Waals surface area (Å²) < 4.78 is 28.9. The van der Waals surface area contributed by atoms with Crippen molar-refractivity contribution in [3.63, 3.8) is 0 Å². The standard InChI is InChI=1S/C31H35ClN6O4S2/c1-5-6-19-33-29(40)37-44(41,42)26-17-13-24(14-18-26)34-27(39)20-43-30-36-35-28(38(30)25-15-11-23(32)12-16-25)21-7-9-22(10-8-21)31(2,3)4/h7-18H,5-6,19-20H2,1-4H3,(H,34,39)(H2,33,37,40). The molecule has 0 unspecified atom stereocenters. The second-order valence-electron chi connectivity index (χ2n) is 11.0. The highest BCUT2D eigenvalue weighted by molar-refractivity contribution is 7.99. The summed E-state index contributed by atoms with van der Waals surface area (Å²) in [5, 5.41) is 15.2. The summed E-state index contributed by atoms with van der Waals surface area (Å²) in [5.74, 6) is 0.328. The predicted octanol–water partition coefficient (Wildman–Crippen LogP) is 6.40. The molecule has 0 aliphatic heterocycles. The number of halogens is 1. The molecule has 13 heteroatoms. The molecule has 10 nitrogen and oxygen atoms in total. The van der Waals surface area contributed by atoms with E-state index in [9.17, 15) is 18.0 Å². The normalized spacial score (nSPS) is 11.7. The molecule has 1 aromatic heterocycles. The quantitative estimate of drug-likeness (QED) is 0.126. The van der Waals surface area contributed by atoms with Gasteiger partial charge in [0.05, 0.1) is 10.6 Å². The number of carbonyl (C=O) groups is 2. The minimum Gasteiger partial charge on any atom is -0.337 e. The van der Waals surface area contributed by atoms with E-state index in [0.29, 0.717) is 28.2 Å². The molecule has 0 saturated carbocycles. The highest BCUT2D eigenvalue weighted by atomic mass is 35.5. The molecular weight excluding hydrogens is 620 g/mol. The number of benzene rings is 3. The zero-order valence-electron chi connectivity index (χ0n) is 24.9. The van der Waals surface area contributed by atoms with Crippen LogP contribution in [0.2, 0.25) is 5.02 Å². The molecule has 0 fully saturated rings. The van der Waals surface area contributed by atoms with Crippen LogP contribution in [0.15, 0.2) is 82.8 Å². The van der Waals surface area contributed by atoms with Crippen LogP contribution in [0.1, 0.15) is 46.1 Å². The summed E-state index contributed by atoms with van der Waals surface area (Å²) in [6.45, 7) is 8.81. The Bertz CT molecular complexity index is 1700. The lowest BCUT2D eigenvalue weighted by Gasteiger charge is -2.19. The van der Waals surface area contributed by atoms with E-state index in [1.807, 2.05) is 40.5 Å². The molecular formula is C31H35ClN6O4S2. The van der Waals surface area contributed by atoms with Gasteiger partial charge in [-0.05, 0) is 65.9 Å². The molecule has 232 valence electrons. The molecule has 0 radical (unpaired) electrons. The Balaban J connectivity index is 1.45. The van der Waals surface area contributed by atoms with E-state index in [1.54, 1.807) is 12.1 Å². The van der Waals surface area contributed by atoms with Crippen LogP contribution in [0.4, 0.5) is 10.5 Å². The Morgan fingerprint density at radius 2 is 1.59 bits per heavy atom. The van der Waals surface area contributed by atoms with Crippen molar-refractivity contribution in [1.82, 2.24) is 24.8 Å². The SMILES string of the molecule is CCCCNC(=O)NS(=O)(=O)c1ccc(NC(=O)CSc2nnc(-c3ccc(C(C)(C)C)cc3)n2-c2ccc(Cl)cc2)cc1. The fourth-order valence-electron chi connectivity index (χ4n) is 4.13. The van der Waals surface area contributed by atoms with Crippen LogP contribution in [-0.2, 0) is 20.2 Å². The largest absolute Gasteiger partial charge is 0.337 e. The summed E-state index contributed by atoms with van der Waals surface area (Å²) in [7, 11) is -4.06. The van der Waals surface area contributed by atoms with E-state index in [2.05, 4.69) is 53.7 Å². The van der Waals surface area contributed by atoms with Gasteiger partial charge in [0.15, 0.2) is 11.0 Å². The van der Waals surface area contributed by atoms with Crippen molar-refractivity contribution in [2.75, 3.05) is 17.6 Å². The molecule has 3 amide bonds.